The molecule has 0 aliphatic carbocycles. The van der Waals surface area contributed by atoms with Crippen LogP contribution in [0.5, 0.6) is 0 Å². The number of likely N-dealkylation sites (N-methyl/N-ethyl adjacent to an activating group) is 1. The fourth-order valence-electron chi connectivity index (χ4n) is 2.22. The van der Waals surface area contributed by atoms with Gasteiger partial charge in [0, 0.05) is 19.3 Å². The summed E-state index contributed by atoms with van der Waals surface area (Å²) < 4.78 is 19.2. The van der Waals surface area contributed by atoms with E-state index in [1.807, 2.05) is 18.9 Å². The number of benzene rings is 1. The third kappa shape index (κ3) is 1.97. The second-order valence-corrected chi connectivity index (χ2v) is 4.25. The van der Waals surface area contributed by atoms with Crippen LogP contribution in [0.25, 0.3) is 0 Å². The van der Waals surface area contributed by atoms with Crippen molar-refractivity contribution in [2.45, 2.75) is 25.5 Å². The van der Waals surface area contributed by atoms with Crippen LogP contribution in [0, 0.1) is 5.82 Å². The molecule has 0 amide bonds. The summed E-state index contributed by atoms with van der Waals surface area (Å²) in [6, 6.07) is 5.02. The van der Waals surface area contributed by atoms with Crippen LogP contribution < -0.4 is 10.6 Å². The number of nitrogens with zero attached hydrogens (tertiary/aromatic N) is 1. The Kier molecular flexibility index (Phi) is 3.01. The molecule has 1 aromatic rings. The number of rotatable bonds is 2. The fraction of sp³-hybridized carbons (Fsp3) is 0.500. The van der Waals surface area contributed by atoms with Gasteiger partial charge in [0.2, 0.25) is 0 Å². The fourth-order valence-corrected chi connectivity index (χ4v) is 2.22. The van der Waals surface area contributed by atoms with Gasteiger partial charge >= 0.3 is 0 Å². The largest absolute Gasteiger partial charge is 0.399 e. The van der Waals surface area contributed by atoms with Crippen molar-refractivity contribution < 1.29 is 9.13 Å². The minimum Gasteiger partial charge on any atom is -0.399 e. The highest BCUT2D eigenvalue weighted by Gasteiger charge is 2.29. The minimum atomic E-state index is -0.276. The molecule has 2 unspecified atom stereocenters. The van der Waals surface area contributed by atoms with Crippen LogP contribution in [0.2, 0.25) is 0 Å². The van der Waals surface area contributed by atoms with E-state index in [9.17, 15) is 4.39 Å². The standard InChI is InChI=1S/C12H17FN2O/c1-8-11(5-6-16-8)15(2)12-4-3-9(14)7-10(12)13/h3-4,7-8,11H,5-6,14H2,1-2H3. The predicted octanol–water partition coefficient (Wildman–Crippen LogP) is 2.02. The molecular weight excluding hydrogens is 207 g/mol. The van der Waals surface area contributed by atoms with E-state index in [4.69, 9.17) is 10.5 Å². The van der Waals surface area contributed by atoms with E-state index in [0.29, 0.717) is 11.4 Å². The van der Waals surface area contributed by atoms with Gasteiger partial charge in [-0.05, 0) is 31.5 Å². The number of hydrogen-bond donors (Lipinski definition) is 1. The zero-order chi connectivity index (χ0) is 11.7. The Hall–Kier alpha value is -1.29. The van der Waals surface area contributed by atoms with Crippen LogP contribution in [-0.2, 0) is 4.74 Å². The Bertz CT molecular complexity index is 383. The van der Waals surface area contributed by atoms with Gasteiger partial charge in [0.25, 0.3) is 0 Å². The van der Waals surface area contributed by atoms with Crippen molar-refractivity contribution in [1.82, 2.24) is 0 Å². The lowest BCUT2D eigenvalue weighted by Gasteiger charge is -2.29. The third-order valence-corrected chi connectivity index (χ3v) is 3.19. The first-order valence-electron chi connectivity index (χ1n) is 5.49. The summed E-state index contributed by atoms with van der Waals surface area (Å²) in [5, 5.41) is 0. The first kappa shape index (κ1) is 11.2. The molecule has 2 N–H and O–H groups in total. The Labute approximate surface area is 95.0 Å². The third-order valence-electron chi connectivity index (χ3n) is 3.19. The highest BCUT2D eigenvalue weighted by atomic mass is 19.1. The molecule has 1 aromatic carbocycles. The topological polar surface area (TPSA) is 38.5 Å². The van der Waals surface area contributed by atoms with Gasteiger partial charge in [0.05, 0.1) is 17.8 Å². The first-order chi connectivity index (χ1) is 7.59. The Morgan fingerprint density at radius 3 is 2.81 bits per heavy atom. The van der Waals surface area contributed by atoms with E-state index in [1.54, 1.807) is 12.1 Å². The smallest absolute Gasteiger partial charge is 0.148 e. The van der Waals surface area contributed by atoms with Crippen LogP contribution in [0.3, 0.4) is 0 Å². The molecule has 0 aromatic heterocycles. The van der Waals surface area contributed by atoms with E-state index in [2.05, 4.69) is 0 Å². The lowest BCUT2D eigenvalue weighted by molar-refractivity contribution is 0.118. The van der Waals surface area contributed by atoms with Crippen molar-refractivity contribution in [3.63, 3.8) is 0 Å². The number of halogens is 1. The summed E-state index contributed by atoms with van der Waals surface area (Å²) in [5.41, 5.74) is 6.55. The van der Waals surface area contributed by atoms with Gasteiger partial charge in [0.15, 0.2) is 0 Å². The van der Waals surface area contributed by atoms with Crippen molar-refractivity contribution >= 4 is 11.4 Å². The molecule has 1 fully saturated rings. The van der Waals surface area contributed by atoms with E-state index < -0.39 is 0 Å². The number of nitrogens with two attached hydrogens (primary N) is 1. The molecule has 0 spiro atoms. The minimum absolute atomic E-state index is 0.141. The summed E-state index contributed by atoms with van der Waals surface area (Å²) in [4.78, 5) is 1.94. The Morgan fingerprint density at radius 2 is 2.25 bits per heavy atom. The average molecular weight is 224 g/mol. The molecule has 1 aliphatic rings. The number of ether oxygens (including phenoxy) is 1. The van der Waals surface area contributed by atoms with E-state index >= 15 is 0 Å². The summed E-state index contributed by atoms with van der Waals surface area (Å²) in [6.07, 6.45) is 1.07. The summed E-state index contributed by atoms with van der Waals surface area (Å²) in [7, 11) is 1.89. The molecular formula is C12H17FN2O. The molecule has 4 heteroatoms. The Morgan fingerprint density at radius 1 is 1.50 bits per heavy atom. The predicted molar refractivity (Wildman–Crippen MR) is 63.0 cm³/mol. The van der Waals surface area contributed by atoms with Gasteiger partial charge in [0.1, 0.15) is 5.82 Å². The normalized spacial score (nSPS) is 24.7. The van der Waals surface area contributed by atoms with Crippen molar-refractivity contribution in [3.05, 3.63) is 24.0 Å². The molecule has 1 heterocycles. The molecule has 0 radical (unpaired) electrons. The second-order valence-electron chi connectivity index (χ2n) is 4.25. The van der Waals surface area contributed by atoms with Crippen molar-refractivity contribution in [2.24, 2.45) is 0 Å². The molecule has 0 bridgehead atoms. The zero-order valence-electron chi connectivity index (χ0n) is 9.61. The molecule has 0 saturated carbocycles. The van der Waals surface area contributed by atoms with Crippen LogP contribution in [0.4, 0.5) is 15.8 Å². The Balaban J connectivity index is 2.23. The highest BCUT2D eigenvalue weighted by molar-refractivity contribution is 5.54. The van der Waals surface area contributed by atoms with E-state index in [1.165, 1.54) is 6.07 Å². The molecule has 3 nitrogen and oxygen atoms in total. The zero-order valence-corrected chi connectivity index (χ0v) is 9.61. The van der Waals surface area contributed by atoms with Gasteiger partial charge < -0.3 is 15.4 Å². The van der Waals surface area contributed by atoms with Crippen molar-refractivity contribution in [2.75, 3.05) is 24.3 Å². The first-order valence-corrected chi connectivity index (χ1v) is 5.49. The van der Waals surface area contributed by atoms with Crippen LogP contribution in [0.15, 0.2) is 18.2 Å². The van der Waals surface area contributed by atoms with Crippen LogP contribution >= 0.6 is 0 Å². The molecule has 2 atom stereocenters. The lowest BCUT2D eigenvalue weighted by atomic mass is 10.1. The molecule has 2 rings (SSSR count). The van der Waals surface area contributed by atoms with Gasteiger partial charge in [-0.15, -0.1) is 0 Å². The SMILES string of the molecule is CC1OCCC1N(C)c1ccc(N)cc1F. The van der Waals surface area contributed by atoms with Gasteiger partial charge in [-0.2, -0.15) is 0 Å². The van der Waals surface area contributed by atoms with Gasteiger partial charge in [-0.3, -0.25) is 0 Å². The highest BCUT2D eigenvalue weighted by Crippen LogP contribution is 2.27. The van der Waals surface area contributed by atoms with Crippen LogP contribution in [0.1, 0.15) is 13.3 Å². The average Bonchev–Trinajstić information content (AvgIpc) is 2.63. The van der Waals surface area contributed by atoms with Gasteiger partial charge in [-0.25, -0.2) is 4.39 Å². The number of anilines is 2. The van der Waals surface area contributed by atoms with Crippen molar-refractivity contribution in [3.8, 4) is 0 Å². The maximum Gasteiger partial charge on any atom is 0.148 e. The molecule has 1 saturated heterocycles. The maximum atomic E-state index is 13.7. The summed E-state index contributed by atoms with van der Waals surface area (Å²) in [5.74, 6) is -0.276. The monoisotopic (exact) mass is 224 g/mol. The maximum absolute atomic E-state index is 13.7. The summed E-state index contributed by atoms with van der Waals surface area (Å²) >= 11 is 0. The van der Waals surface area contributed by atoms with Crippen molar-refractivity contribution in [1.29, 1.82) is 0 Å². The number of nitrogen functional groups attached to an aromatic ring is 1. The molecule has 16 heavy (non-hydrogen) atoms. The quantitative estimate of drug-likeness (QED) is 0.781. The van der Waals surface area contributed by atoms with Gasteiger partial charge in [-0.1, -0.05) is 0 Å². The van der Waals surface area contributed by atoms with E-state index in [0.717, 1.165) is 13.0 Å². The van der Waals surface area contributed by atoms with Crippen LogP contribution in [-0.4, -0.2) is 25.8 Å². The lowest BCUT2D eigenvalue weighted by Crippen LogP contribution is -2.37. The molecule has 88 valence electrons. The summed E-state index contributed by atoms with van der Waals surface area (Å²) in [6.45, 7) is 2.76. The van der Waals surface area contributed by atoms with E-state index in [-0.39, 0.29) is 18.0 Å². The second kappa shape index (κ2) is 4.29. The molecule has 1 aliphatic heterocycles. The number of hydrogen-bond acceptors (Lipinski definition) is 3.